The van der Waals surface area contributed by atoms with Crippen molar-refractivity contribution in [3.8, 4) is 11.3 Å². The van der Waals surface area contributed by atoms with Crippen LogP contribution in [0.5, 0.6) is 0 Å². The Balaban J connectivity index is 1.62. The van der Waals surface area contributed by atoms with Crippen LogP contribution >= 0.6 is 0 Å². The molecule has 2 aromatic heterocycles. The first-order valence-corrected chi connectivity index (χ1v) is 8.06. The standard InChI is InChI=1S/C21H20N2/c1-22-14-12-19-16-18(9-10-20(19)22)21-8-5-13-23(21)15-11-17-6-3-2-4-7-17/h2-10,12-14,16H,11,15H2,1H3. The average molecular weight is 300 g/mol. The van der Waals surface area contributed by atoms with Gasteiger partial charge in [-0.25, -0.2) is 0 Å². The van der Waals surface area contributed by atoms with Gasteiger partial charge in [0.1, 0.15) is 0 Å². The lowest BCUT2D eigenvalue weighted by Crippen LogP contribution is -2.01. The quantitative estimate of drug-likeness (QED) is 0.508. The third-order valence-corrected chi connectivity index (χ3v) is 4.49. The van der Waals surface area contributed by atoms with Gasteiger partial charge in [-0.1, -0.05) is 36.4 Å². The first kappa shape index (κ1) is 13.9. The Kier molecular flexibility index (Phi) is 3.51. The number of benzene rings is 2. The Bertz CT molecular complexity index is 929. The molecule has 0 fully saturated rings. The van der Waals surface area contributed by atoms with E-state index in [1.54, 1.807) is 0 Å². The van der Waals surface area contributed by atoms with E-state index in [1.807, 2.05) is 0 Å². The molecule has 2 nitrogen and oxygen atoms in total. The SMILES string of the molecule is Cn1ccc2cc(-c3cccn3CCc3ccccc3)ccc21. The van der Waals surface area contributed by atoms with E-state index in [1.165, 1.54) is 27.7 Å². The Morgan fingerprint density at radius 1 is 0.826 bits per heavy atom. The predicted molar refractivity (Wildman–Crippen MR) is 96.5 cm³/mol. The lowest BCUT2D eigenvalue weighted by atomic mass is 10.1. The zero-order chi connectivity index (χ0) is 15.6. The van der Waals surface area contributed by atoms with E-state index in [-0.39, 0.29) is 0 Å². The second-order valence-corrected chi connectivity index (χ2v) is 6.02. The molecule has 2 heteroatoms. The normalized spacial score (nSPS) is 11.2. The molecule has 0 aliphatic rings. The summed E-state index contributed by atoms with van der Waals surface area (Å²) < 4.78 is 4.50. The van der Waals surface area contributed by atoms with Crippen molar-refractivity contribution in [2.24, 2.45) is 7.05 Å². The fourth-order valence-corrected chi connectivity index (χ4v) is 3.21. The summed E-state index contributed by atoms with van der Waals surface area (Å²) in [6, 6.07) is 23.9. The van der Waals surface area contributed by atoms with Crippen LogP contribution in [-0.4, -0.2) is 9.13 Å². The van der Waals surface area contributed by atoms with E-state index in [2.05, 4.69) is 95.3 Å². The fourth-order valence-electron chi connectivity index (χ4n) is 3.21. The van der Waals surface area contributed by atoms with Crippen molar-refractivity contribution in [1.29, 1.82) is 0 Å². The molecule has 0 saturated carbocycles. The molecule has 0 N–H and O–H groups in total. The van der Waals surface area contributed by atoms with Gasteiger partial charge in [-0.3, -0.25) is 0 Å². The Labute approximate surface area is 136 Å². The monoisotopic (exact) mass is 300 g/mol. The molecule has 0 aliphatic heterocycles. The molecular weight excluding hydrogens is 280 g/mol. The zero-order valence-electron chi connectivity index (χ0n) is 13.3. The first-order valence-electron chi connectivity index (χ1n) is 8.06. The molecule has 0 spiro atoms. The largest absolute Gasteiger partial charge is 0.351 e. The highest BCUT2D eigenvalue weighted by Crippen LogP contribution is 2.25. The van der Waals surface area contributed by atoms with E-state index >= 15 is 0 Å². The van der Waals surface area contributed by atoms with Gasteiger partial charge in [0.15, 0.2) is 0 Å². The van der Waals surface area contributed by atoms with Crippen LogP contribution in [0.1, 0.15) is 5.56 Å². The molecule has 0 amide bonds. The molecule has 4 rings (SSSR count). The topological polar surface area (TPSA) is 9.86 Å². The molecule has 114 valence electrons. The minimum Gasteiger partial charge on any atom is -0.351 e. The van der Waals surface area contributed by atoms with Crippen LogP contribution in [0.3, 0.4) is 0 Å². The van der Waals surface area contributed by atoms with E-state index in [0.29, 0.717) is 0 Å². The van der Waals surface area contributed by atoms with Gasteiger partial charge in [0, 0.05) is 42.6 Å². The lowest BCUT2D eigenvalue weighted by Gasteiger charge is -2.10. The highest BCUT2D eigenvalue weighted by Gasteiger charge is 2.06. The van der Waals surface area contributed by atoms with E-state index in [4.69, 9.17) is 0 Å². The van der Waals surface area contributed by atoms with E-state index < -0.39 is 0 Å². The van der Waals surface area contributed by atoms with Crippen LogP contribution in [0.15, 0.2) is 79.1 Å². The fraction of sp³-hybridized carbons (Fsp3) is 0.143. The Morgan fingerprint density at radius 3 is 2.57 bits per heavy atom. The Morgan fingerprint density at radius 2 is 1.70 bits per heavy atom. The molecule has 0 bridgehead atoms. The third-order valence-electron chi connectivity index (χ3n) is 4.49. The summed E-state index contributed by atoms with van der Waals surface area (Å²) in [7, 11) is 2.09. The first-order chi connectivity index (χ1) is 11.3. The number of aryl methyl sites for hydroxylation is 3. The number of nitrogens with zero attached hydrogens (tertiary/aromatic N) is 2. The van der Waals surface area contributed by atoms with Crippen LogP contribution in [0.2, 0.25) is 0 Å². The lowest BCUT2D eigenvalue weighted by molar-refractivity contribution is 0.707. The van der Waals surface area contributed by atoms with Gasteiger partial charge in [0.2, 0.25) is 0 Å². The van der Waals surface area contributed by atoms with Crippen molar-refractivity contribution in [2.75, 3.05) is 0 Å². The van der Waals surface area contributed by atoms with Gasteiger partial charge in [-0.05, 0) is 47.9 Å². The zero-order valence-corrected chi connectivity index (χ0v) is 13.3. The molecule has 0 radical (unpaired) electrons. The molecule has 2 heterocycles. The van der Waals surface area contributed by atoms with E-state index in [9.17, 15) is 0 Å². The van der Waals surface area contributed by atoms with Crippen molar-refractivity contribution in [3.63, 3.8) is 0 Å². The smallest absolute Gasteiger partial charge is 0.0480 e. The summed E-state index contributed by atoms with van der Waals surface area (Å²) >= 11 is 0. The Hall–Kier alpha value is -2.74. The van der Waals surface area contributed by atoms with Crippen molar-refractivity contribution in [3.05, 3.63) is 84.7 Å². The van der Waals surface area contributed by atoms with Crippen LogP contribution in [-0.2, 0) is 20.0 Å². The summed E-state index contributed by atoms with van der Waals surface area (Å²) in [6.45, 7) is 0.999. The molecule has 0 unspecified atom stereocenters. The molecule has 2 aromatic carbocycles. The highest BCUT2D eigenvalue weighted by atomic mass is 15.0. The second kappa shape index (κ2) is 5.81. The maximum Gasteiger partial charge on any atom is 0.0480 e. The summed E-state index contributed by atoms with van der Waals surface area (Å²) in [5.41, 5.74) is 5.22. The molecule has 0 atom stereocenters. The van der Waals surface area contributed by atoms with Crippen molar-refractivity contribution in [1.82, 2.24) is 9.13 Å². The van der Waals surface area contributed by atoms with Gasteiger partial charge in [-0.2, -0.15) is 0 Å². The maximum absolute atomic E-state index is 2.34. The van der Waals surface area contributed by atoms with Crippen molar-refractivity contribution in [2.45, 2.75) is 13.0 Å². The van der Waals surface area contributed by atoms with Crippen LogP contribution in [0, 0.1) is 0 Å². The molecule has 0 aliphatic carbocycles. The van der Waals surface area contributed by atoms with Gasteiger partial charge in [-0.15, -0.1) is 0 Å². The third kappa shape index (κ3) is 2.68. The van der Waals surface area contributed by atoms with Gasteiger partial charge < -0.3 is 9.13 Å². The highest BCUT2D eigenvalue weighted by molar-refractivity contribution is 5.85. The van der Waals surface area contributed by atoms with Gasteiger partial charge in [0.25, 0.3) is 0 Å². The predicted octanol–water partition coefficient (Wildman–Crippen LogP) is 4.89. The summed E-state index contributed by atoms with van der Waals surface area (Å²) in [6.07, 6.45) is 5.34. The average Bonchev–Trinajstić information content (AvgIpc) is 3.20. The number of hydrogen-bond acceptors (Lipinski definition) is 0. The van der Waals surface area contributed by atoms with Gasteiger partial charge >= 0.3 is 0 Å². The number of fused-ring (bicyclic) bond motifs is 1. The number of aromatic nitrogens is 2. The van der Waals surface area contributed by atoms with Crippen LogP contribution < -0.4 is 0 Å². The van der Waals surface area contributed by atoms with E-state index in [0.717, 1.165) is 13.0 Å². The van der Waals surface area contributed by atoms with Crippen LogP contribution in [0.4, 0.5) is 0 Å². The minimum atomic E-state index is 0.999. The second-order valence-electron chi connectivity index (χ2n) is 6.02. The summed E-state index contributed by atoms with van der Waals surface area (Å²) in [5.74, 6) is 0. The molecule has 23 heavy (non-hydrogen) atoms. The summed E-state index contributed by atoms with van der Waals surface area (Å²) in [5, 5.41) is 1.29. The van der Waals surface area contributed by atoms with Crippen molar-refractivity contribution >= 4 is 10.9 Å². The minimum absolute atomic E-state index is 0.999. The maximum atomic E-state index is 2.34. The number of hydrogen-bond donors (Lipinski definition) is 0. The molecule has 4 aromatic rings. The molecule has 0 saturated heterocycles. The van der Waals surface area contributed by atoms with Crippen LogP contribution in [0.25, 0.3) is 22.2 Å². The van der Waals surface area contributed by atoms with Crippen molar-refractivity contribution < 1.29 is 0 Å². The summed E-state index contributed by atoms with van der Waals surface area (Å²) in [4.78, 5) is 0. The number of rotatable bonds is 4. The van der Waals surface area contributed by atoms with Gasteiger partial charge in [0.05, 0.1) is 0 Å². The molecular formula is C21H20N2.